The van der Waals surface area contributed by atoms with Crippen LogP contribution in [0.3, 0.4) is 0 Å². The fraction of sp³-hybridized carbons (Fsp3) is 0.947. The maximum absolute atomic E-state index is 12.5. The SMILES string of the molecule is CN(C)CC(C)(C)CNC(=O)C1CCN(CC2(C)CCNC2)CC1.Cl. The molecule has 1 unspecified atom stereocenters. The summed E-state index contributed by atoms with van der Waals surface area (Å²) in [7, 11) is 4.17. The van der Waals surface area contributed by atoms with E-state index in [0.29, 0.717) is 5.41 Å². The number of carbonyl (C=O) groups is 1. The van der Waals surface area contributed by atoms with Crippen molar-refractivity contribution in [3.8, 4) is 0 Å². The number of hydrogen-bond donors (Lipinski definition) is 2. The zero-order valence-electron chi connectivity index (χ0n) is 16.9. The number of rotatable bonds is 7. The normalized spacial score (nSPS) is 25.8. The van der Waals surface area contributed by atoms with E-state index >= 15 is 0 Å². The predicted octanol–water partition coefficient (Wildman–Crippen LogP) is 1.82. The van der Waals surface area contributed by atoms with Crippen molar-refractivity contribution in [2.45, 2.75) is 40.0 Å². The lowest BCUT2D eigenvalue weighted by molar-refractivity contribution is -0.127. The van der Waals surface area contributed by atoms with Gasteiger partial charge in [-0.25, -0.2) is 0 Å². The fourth-order valence-electron chi connectivity index (χ4n) is 4.28. The number of piperidine rings is 1. The first-order valence-electron chi connectivity index (χ1n) is 9.55. The first-order chi connectivity index (χ1) is 11.2. The number of carbonyl (C=O) groups excluding carboxylic acids is 1. The summed E-state index contributed by atoms with van der Waals surface area (Å²) < 4.78 is 0. The minimum Gasteiger partial charge on any atom is -0.355 e. The Bertz CT molecular complexity index is 414. The van der Waals surface area contributed by atoms with Crippen LogP contribution in [0.5, 0.6) is 0 Å². The van der Waals surface area contributed by atoms with Gasteiger partial charge in [-0.2, -0.15) is 0 Å². The number of hydrogen-bond acceptors (Lipinski definition) is 4. The molecular weight excluding hydrogens is 336 g/mol. The van der Waals surface area contributed by atoms with Crippen molar-refractivity contribution < 1.29 is 4.79 Å². The van der Waals surface area contributed by atoms with Gasteiger partial charge in [0.1, 0.15) is 0 Å². The molecule has 2 fully saturated rings. The Labute approximate surface area is 160 Å². The molecule has 2 rings (SSSR count). The molecule has 2 aliphatic heterocycles. The molecule has 0 aromatic rings. The van der Waals surface area contributed by atoms with Gasteiger partial charge in [-0.3, -0.25) is 4.79 Å². The topological polar surface area (TPSA) is 47.6 Å². The predicted molar refractivity (Wildman–Crippen MR) is 107 cm³/mol. The average molecular weight is 375 g/mol. The molecule has 0 aromatic heterocycles. The second-order valence-corrected chi connectivity index (χ2v) is 9.41. The Balaban J connectivity index is 0.00000312. The lowest BCUT2D eigenvalue weighted by Crippen LogP contribution is -2.46. The molecule has 0 aliphatic carbocycles. The highest BCUT2D eigenvalue weighted by Gasteiger charge is 2.33. The Hall–Kier alpha value is -0.360. The van der Waals surface area contributed by atoms with E-state index in [1.807, 2.05) is 0 Å². The number of halogens is 1. The van der Waals surface area contributed by atoms with Crippen LogP contribution in [0.25, 0.3) is 0 Å². The molecule has 0 bridgehead atoms. The lowest BCUT2D eigenvalue weighted by atomic mass is 9.87. The van der Waals surface area contributed by atoms with Crippen LogP contribution in [-0.2, 0) is 4.79 Å². The highest BCUT2D eigenvalue weighted by Crippen LogP contribution is 2.28. The molecule has 1 amide bonds. The molecule has 6 heteroatoms. The van der Waals surface area contributed by atoms with E-state index in [1.165, 1.54) is 13.0 Å². The van der Waals surface area contributed by atoms with Gasteiger partial charge in [-0.15, -0.1) is 12.4 Å². The van der Waals surface area contributed by atoms with E-state index in [0.717, 1.165) is 52.1 Å². The smallest absolute Gasteiger partial charge is 0.223 e. The van der Waals surface area contributed by atoms with Crippen LogP contribution in [0.4, 0.5) is 0 Å². The van der Waals surface area contributed by atoms with Gasteiger partial charge in [-0.1, -0.05) is 20.8 Å². The van der Waals surface area contributed by atoms with Gasteiger partial charge in [0.25, 0.3) is 0 Å². The van der Waals surface area contributed by atoms with E-state index in [4.69, 9.17) is 0 Å². The summed E-state index contributed by atoms with van der Waals surface area (Å²) in [6.07, 6.45) is 3.28. The lowest BCUT2D eigenvalue weighted by Gasteiger charge is -2.37. The number of likely N-dealkylation sites (tertiary alicyclic amines) is 1. The van der Waals surface area contributed by atoms with Gasteiger partial charge in [0, 0.05) is 32.1 Å². The summed E-state index contributed by atoms with van der Waals surface area (Å²) in [4.78, 5) is 17.2. The van der Waals surface area contributed by atoms with Crippen molar-refractivity contribution in [2.75, 3.05) is 59.9 Å². The van der Waals surface area contributed by atoms with Gasteiger partial charge in [0.15, 0.2) is 0 Å². The molecule has 25 heavy (non-hydrogen) atoms. The quantitative estimate of drug-likeness (QED) is 0.713. The van der Waals surface area contributed by atoms with Crippen LogP contribution in [0.15, 0.2) is 0 Å². The van der Waals surface area contributed by atoms with Gasteiger partial charge >= 0.3 is 0 Å². The maximum atomic E-state index is 12.5. The molecular formula is C19H39ClN4O. The van der Waals surface area contributed by atoms with Crippen LogP contribution in [0.1, 0.15) is 40.0 Å². The molecule has 148 valence electrons. The second kappa shape index (κ2) is 9.54. The first-order valence-corrected chi connectivity index (χ1v) is 9.55. The number of nitrogens with zero attached hydrogens (tertiary/aromatic N) is 2. The van der Waals surface area contributed by atoms with Crippen molar-refractivity contribution in [1.29, 1.82) is 0 Å². The fourth-order valence-corrected chi connectivity index (χ4v) is 4.28. The monoisotopic (exact) mass is 374 g/mol. The highest BCUT2D eigenvalue weighted by molar-refractivity contribution is 5.85. The molecule has 2 saturated heterocycles. The zero-order chi connectivity index (χ0) is 17.8. The van der Waals surface area contributed by atoms with Gasteiger partial charge in [0.2, 0.25) is 5.91 Å². The Morgan fingerprint density at radius 2 is 1.96 bits per heavy atom. The molecule has 2 N–H and O–H groups in total. The third-order valence-electron chi connectivity index (χ3n) is 5.51. The van der Waals surface area contributed by atoms with E-state index in [-0.39, 0.29) is 29.6 Å². The van der Waals surface area contributed by atoms with E-state index in [2.05, 4.69) is 55.3 Å². The molecule has 0 aromatic carbocycles. The van der Waals surface area contributed by atoms with Crippen LogP contribution >= 0.6 is 12.4 Å². The molecule has 2 heterocycles. The average Bonchev–Trinajstić information content (AvgIpc) is 2.91. The summed E-state index contributed by atoms with van der Waals surface area (Å²) >= 11 is 0. The number of amides is 1. The zero-order valence-corrected chi connectivity index (χ0v) is 17.7. The van der Waals surface area contributed by atoms with Crippen LogP contribution in [-0.4, -0.2) is 75.6 Å². The van der Waals surface area contributed by atoms with Gasteiger partial charge in [-0.05, 0) is 63.8 Å². The Kier molecular flexibility index (Phi) is 8.65. The van der Waals surface area contributed by atoms with Gasteiger partial charge in [0.05, 0.1) is 0 Å². The van der Waals surface area contributed by atoms with Crippen LogP contribution in [0, 0.1) is 16.7 Å². The Morgan fingerprint density at radius 3 is 2.48 bits per heavy atom. The standard InChI is InChI=1S/C19H38N4O.ClH/c1-18(2,14-22(4)5)12-21-17(24)16-6-10-23(11-7-16)15-19(3)8-9-20-13-19;/h16,20H,6-15H2,1-5H3,(H,21,24);1H. The van der Waals surface area contributed by atoms with Crippen molar-refractivity contribution in [2.24, 2.45) is 16.7 Å². The largest absolute Gasteiger partial charge is 0.355 e. The van der Waals surface area contributed by atoms with Crippen molar-refractivity contribution in [3.05, 3.63) is 0 Å². The van der Waals surface area contributed by atoms with Crippen LogP contribution in [0.2, 0.25) is 0 Å². The molecule has 2 aliphatic rings. The highest BCUT2D eigenvalue weighted by atomic mass is 35.5. The third-order valence-corrected chi connectivity index (χ3v) is 5.51. The molecule has 0 spiro atoms. The van der Waals surface area contributed by atoms with Crippen molar-refractivity contribution >= 4 is 18.3 Å². The molecule has 0 radical (unpaired) electrons. The van der Waals surface area contributed by atoms with E-state index < -0.39 is 0 Å². The third kappa shape index (κ3) is 7.41. The van der Waals surface area contributed by atoms with Crippen LogP contribution < -0.4 is 10.6 Å². The summed E-state index contributed by atoms with van der Waals surface area (Å²) in [5, 5.41) is 6.68. The minimum atomic E-state index is 0. The molecule has 0 saturated carbocycles. The van der Waals surface area contributed by atoms with E-state index in [1.54, 1.807) is 0 Å². The summed E-state index contributed by atoms with van der Waals surface area (Å²) in [6.45, 7) is 14.1. The summed E-state index contributed by atoms with van der Waals surface area (Å²) in [6, 6.07) is 0. The van der Waals surface area contributed by atoms with Crippen molar-refractivity contribution in [3.63, 3.8) is 0 Å². The first kappa shape index (κ1) is 22.7. The second-order valence-electron chi connectivity index (χ2n) is 9.41. The minimum absolute atomic E-state index is 0. The summed E-state index contributed by atoms with van der Waals surface area (Å²) in [5.74, 6) is 0.459. The Morgan fingerprint density at radius 1 is 1.32 bits per heavy atom. The summed E-state index contributed by atoms with van der Waals surface area (Å²) in [5.41, 5.74) is 0.537. The van der Waals surface area contributed by atoms with E-state index in [9.17, 15) is 4.79 Å². The molecule has 1 atom stereocenters. The van der Waals surface area contributed by atoms with Crippen molar-refractivity contribution in [1.82, 2.24) is 20.4 Å². The van der Waals surface area contributed by atoms with Gasteiger partial charge < -0.3 is 20.4 Å². The maximum Gasteiger partial charge on any atom is 0.223 e. The number of nitrogens with one attached hydrogen (secondary N) is 2. The molecule has 5 nitrogen and oxygen atoms in total.